The van der Waals surface area contributed by atoms with Crippen LogP contribution in [0, 0.1) is 0 Å². The van der Waals surface area contributed by atoms with E-state index in [1.807, 2.05) is 50.2 Å². The van der Waals surface area contributed by atoms with Gasteiger partial charge in [0.2, 0.25) is 0 Å². The van der Waals surface area contributed by atoms with Crippen LogP contribution in [0.1, 0.15) is 81.9 Å². The first-order valence-electron chi connectivity index (χ1n) is 18.1. The molecule has 0 radical (unpaired) electrons. The fourth-order valence-electron chi connectivity index (χ4n) is 6.65. The van der Waals surface area contributed by atoms with Crippen molar-refractivity contribution in [3.05, 3.63) is 119 Å². The van der Waals surface area contributed by atoms with Gasteiger partial charge in [-0.25, -0.2) is 18.1 Å². The molecule has 1 aliphatic rings. The van der Waals surface area contributed by atoms with Crippen molar-refractivity contribution in [2.75, 3.05) is 19.6 Å². The van der Waals surface area contributed by atoms with Crippen LogP contribution >= 0.6 is 0 Å². The Hall–Kier alpha value is -5.82. The second kappa shape index (κ2) is 16.5. The molecule has 280 valence electrons. The summed E-state index contributed by atoms with van der Waals surface area (Å²) in [5.74, 6) is -2.89. The van der Waals surface area contributed by atoms with Crippen molar-refractivity contribution in [1.29, 1.82) is 0 Å². The van der Waals surface area contributed by atoms with Crippen molar-refractivity contribution < 1.29 is 32.7 Å². The molecule has 5 aromatic rings. The zero-order chi connectivity index (χ0) is 38.4. The summed E-state index contributed by atoms with van der Waals surface area (Å²) in [5.41, 5.74) is 2.21. The number of aromatic nitrogens is 2. The lowest BCUT2D eigenvalue weighted by Gasteiger charge is -2.29. The van der Waals surface area contributed by atoms with Gasteiger partial charge in [0.15, 0.2) is 0 Å². The van der Waals surface area contributed by atoms with Gasteiger partial charge in [0.25, 0.3) is 27.7 Å². The molecular formula is C41H43N5O7S. The topological polar surface area (TPSA) is 159 Å². The molecule has 0 saturated carbocycles. The van der Waals surface area contributed by atoms with Gasteiger partial charge in [0, 0.05) is 43.5 Å². The molecule has 0 spiro atoms. The minimum absolute atomic E-state index is 0.00944. The minimum Gasteiger partial charge on any atom is -0.480 e. The van der Waals surface area contributed by atoms with Gasteiger partial charge in [-0.15, -0.1) is 0 Å². The average molecular weight is 750 g/mol. The highest BCUT2D eigenvalue weighted by molar-refractivity contribution is 7.90. The summed E-state index contributed by atoms with van der Waals surface area (Å²) in [6, 6.07) is 23.7. The third-order valence-corrected chi connectivity index (χ3v) is 10.9. The van der Waals surface area contributed by atoms with Gasteiger partial charge >= 0.3 is 5.97 Å². The Bertz CT molecular complexity index is 2330. The first kappa shape index (κ1) is 37.9. The predicted molar refractivity (Wildman–Crippen MR) is 205 cm³/mol. The maximum Gasteiger partial charge on any atom is 0.323 e. The highest BCUT2D eigenvalue weighted by Gasteiger charge is 2.29. The van der Waals surface area contributed by atoms with E-state index in [0.29, 0.717) is 38.0 Å². The number of carbonyl (C=O) groups is 4. The zero-order valence-corrected chi connectivity index (χ0v) is 31.1. The monoisotopic (exact) mass is 749 g/mol. The second-order valence-corrected chi connectivity index (χ2v) is 15.1. The van der Waals surface area contributed by atoms with Gasteiger partial charge in [-0.05, 0) is 71.5 Å². The van der Waals surface area contributed by atoms with Gasteiger partial charge in [-0.3, -0.25) is 19.2 Å². The summed E-state index contributed by atoms with van der Waals surface area (Å²) < 4.78 is 30.3. The van der Waals surface area contributed by atoms with Crippen molar-refractivity contribution in [2.45, 2.75) is 63.9 Å². The lowest BCUT2D eigenvalue weighted by Crippen LogP contribution is -2.36. The van der Waals surface area contributed by atoms with E-state index in [4.69, 9.17) is 0 Å². The molecular weight excluding hydrogens is 707 g/mol. The summed E-state index contributed by atoms with van der Waals surface area (Å²) in [6.45, 7) is 5.22. The number of fused-ring (bicyclic) bond motifs is 2. The number of imidazole rings is 1. The van der Waals surface area contributed by atoms with Crippen LogP contribution in [0.5, 0.6) is 0 Å². The quantitative estimate of drug-likeness (QED) is 0.137. The Labute approximate surface area is 314 Å². The molecule has 0 bridgehead atoms. The first-order chi connectivity index (χ1) is 26.0. The fourth-order valence-corrected chi connectivity index (χ4v) is 7.66. The van der Waals surface area contributed by atoms with E-state index >= 15 is 0 Å². The van der Waals surface area contributed by atoms with E-state index in [-0.39, 0.29) is 39.0 Å². The van der Waals surface area contributed by atoms with Crippen molar-refractivity contribution in [2.24, 2.45) is 0 Å². The second-order valence-electron chi connectivity index (χ2n) is 13.4. The minimum atomic E-state index is -4.32. The van der Waals surface area contributed by atoms with Crippen LogP contribution in [0.25, 0.3) is 22.2 Å². The van der Waals surface area contributed by atoms with Crippen molar-refractivity contribution >= 4 is 44.5 Å². The van der Waals surface area contributed by atoms with Crippen LogP contribution in [0.3, 0.4) is 0 Å². The van der Waals surface area contributed by atoms with Crippen LogP contribution in [0.4, 0.5) is 0 Å². The number of carboxylic acid groups (broad SMARTS) is 1. The molecule has 0 aliphatic carbocycles. The zero-order valence-electron chi connectivity index (χ0n) is 30.3. The maximum absolute atomic E-state index is 14.5. The third kappa shape index (κ3) is 8.36. The largest absolute Gasteiger partial charge is 0.480 e. The fraction of sp³-hybridized carbons (Fsp3) is 0.293. The summed E-state index contributed by atoms with van der Waals surface area (Å²) in [6.07, 6.45) is 5.32. The Kier molecular flexibility index (Phi) is 11.6. The van der Waals surface area contributed by atoms with Crippen LogP contribution in [0.2, 0.25) is 0 Å². The van der Waals surface area contributed by atoms with Gasteiger partial charge in [0.05, 0.1) is 10.5 Å². The molecule has 3 amide bonds. The molecule has 0 atom stereocenters. The number of nitrogens with zero attached hydrogens (tertiary/aromatic N) is 4. The van der Waals surface area contributed by atoms with Crippen LogP contribution in [0.15, 0.2) is 96.0 Å². The first-order valence-corrected chi connectivity index (χ1v) is 19.6. The van der Waals surface area contributed by atoms with Gasteiger partial charge in [0.1, 0.15) is 18.1 Å². The van der Waals surface area contributed by atoms with E-state index < -0.39 is 34.4 Å². The number of nitrogens with one attached hydrogen (secondary N) is 1. The smallest absolute Gasteiger partial charge is 0.323 e. The Morgan fingerprint density at radius 1 is 0.852 bits per heavy atom. The van der Waals surface area contributed by atoms with E-state index in [1.54, 1.807) is 28.0 Å². The number of benzene rings is 4. The lowest BCUT2D eigenvalue weighted by molar-refractivity contribution is -0.137. The van der Waals surface area contributed by atoms with Gasteiger partial charge in [-0.1, -0.05) is 81.3 Å². The SMILES string of the molecule is CCCCN(CCCC)C(=O)c1cn(CC(=O)O)c(-c2ccc(C(=O)NS(=O)(=O)c3ccc4ccccc4c3)cc2C(=O)N2CCc3ccccc3C2)n1. The molecule has 0 unspecified atom stereocenters. The molecule has 0 fully saturated rings. The number of hydrogen-bond acceptors (Lipinski definition) is 7. The summed E-state index contributed by atoms with van der Waals surface area (Å²) in [5, 5.41) is 11.4. The molecule has 13 heteroatoms. The summed E-state index contributed by atoms with van der Waals surface area (Å²) >= 11 is 0. The lowest BCUT2D eigenvalue weighted by atomic mass is 9.97. The summed E-state index contributed by atoms with van der Waals surface area (Å²) in [4.78, 5) is 61.9. The molecule has 54 heavy (non-hydrogen) atoms. The van der Waals surface area contributed by atoms with Crippen LogP contribution in [-0.2, 0) is 34.3 Å². The Balaban J connectivity index is 1.40. The molecule has 2 heterocycles. The normalized spacial score (nSPS) is 12.7. The molecule has 1 aromatic heterocycles. The van der Waals surface area contributed by atoms with Gasteiger partial charge in [-0.2, -0.15) is 0 Å². The van der Waals surface area contributed by atoms with Crippen molar-refractivity contribution in [1.82, 2.24) is 24.1 Å². The number of rotatable bonds is 14. The standard InChI is InChI=1S/C41H43N5O7S/c1-3-5-20-44(21-6-4-2)41(51)36-26-46(27-37(47)48)38(42-36)34-18-16-31(24-35(34)40(50)45-22-19-29-12-8-10-14-32(29)25-45)39(49)43-54(52,53)33-17-15-28-11-7-9-13-30(28)23-33/h7-18,23-24,26H,3-6,19-22,25,27H2,1-2H3,(H,43,49)(H,47,48). The van der Waals surface area contributed by atoms with Crippen LogP contribution < -0.4 is 4.72 Å². The van der Waals surface area contributed by atoms with E-state index in [1.165, 1.54) is 41.1 Å². The molecule has 1 aliphatic heterocycles. The predicted octanol–water partition coefficient (Wildman–Crippen LogP) is 6.15. The number of sulfonamides is 1. The molecule has 0 saturated heterocycles. The van der Waals surface area contributed by atoms with E-state index in [9.17, 15) is 32.7 Å². The van der Waals surface area contributed by atoms with Crippen molar-refractivity contribution in [3.63, 3.8) is 0 Å². The number of amides is 3. The summed E-state index contributed by atoms with van der Waals surface area (Å²) in [7, 11) is -4.32. The van der Waals surface area contributed by atoms with Crippen LogP contribution in [-0.4, -0.2) is 76.2 Å². The van der Waals surface area contributed by atoms with Gasteiger partial charge < -0.3 is 19.5 Å². The highest BCUT2D eigenvalue weighted by Crippen LogP contribution is 2.29. The Morgan fingerprint density at radius 3 is 2.24 bits per heavy atom. The highest BCUT2D eigenvalue weighted by atomic mass is 32.2. The average Bonchev–Trinajstić information content (AvgIpc) is 3.59. The molecule has 2 N–H and O–H groups in total. The van der Waals surface area contributed by atoms with Crippen molar-refractivity contribution in [3.8, 4) is 11.4 Å². The van der Waals surface area contributed by atoms with E-state index in [0.717, 1.165) is 42.2 Å². The molecule has 6 rings (SSSR count). The number of hydrogen-bond donors (Lipinski definition) is 2. The Morgan fingerprint density at radius 2 is 1.54 bits per heavy atom. The molecule has 4 aromatic carbocycles. The number of carbonyl (C=O) groups excluding carboxylic acids is 3. The number of carboxylic acids is 1. The number of unbranched alkanes of at least 4 members (excludes halogenated alkanes) is 2. The maximum atomic E-state index is 14.5. The third-order valence-electron chi connectivity index (χ3n) is 9.58. The molecule has 12 nitrogen and oxygen atoms in total. The number of aliphatic carboxylic acids is 1. The van der Waals surface area contributed by atoms with E-state index in [2.05, 4.69) is 9.71 Å².